The maximum absolute atomic E-state index is 12.3. The van der Waals surface area contributed by atoms with Gasteiger partial charge < -0.3 is 0 Å². The molecule has 0 N–H and O–H groups in total. The Bertz CT molecular complexity index is 337. The van der Waals surface area contributed by atoms with Crippen LogP contribution in [-0.4, -0.2) is 5.78 Å². The Kier molecular flexibility index (Phi) is 2.76. The van der Waals surface area contributed by atoms with Gasteiger partial charge in [0.1, 0.15) is 5.78 Å². The van der Waals surface area contributed by atoms with E-state index >= 15 is 0 Å². The molecule has 0 saturated heterocycles. The number of Topliss-reactive ketones (excluding diaryl/α,β-unsaturated/α-hetero) is 1. The Balaban J connectivity index is 2.44. The monoisotopic (exact) mass is 220 g/mol. The molecule has 1 fully saturated rings. The highest BCUT2D eigenvalue weighted by atomic mass is 16.1. The van der Waals surface area contributed by atoms with Gasteiger partial charge in [-0.15, -0.1) is 0 Å². The quantitative estimate of drug-likeness (QED) is 0.607. The second kappa shape index (κ2) is 3.72. The van der Waals surface area contributed by atoms with Crippen LogP contribution in [0.4, 0.5) is 0 Å². The van der Waals surface area contributed by atoms with Crippen molar-refractivity contribution in [1.29, 1.82) is 0 Å². The second-order valence-electron chi connectivity index (χ2n) is 6.43. The number of rotatable bonds is 1. The summed E-state index contributed by atoms with van der Waals surface area (Å²) in [6.07, 6.45) is 7.31. The third-order valence-corrected chi connectivity index (χ3v) is 5.13. The molecule has 0 amide bonds. The molecule has 0 bridgehead atoms. The van der Waals surface area contributed by atoms with Gasteiger partial charge in [-0.3, -0.25) is 4.79 Å². The van der Waals surface area contributed by atoms with Crippen LogP contribution in [-0.2, 0) is 4.79 Å². The van der Waals surface area contributed by atoms with Crippen LogP contribution in [0.15, 0.2) is 11.6 Å². The molecule has 1 nitrogen and oxygen atoms in total. The van der Waals surface area contributed by atoms with Crippen molar-refractivity contribution in [3.8, 4) is 0 Å². The lowest BCUT2D eigenvalue weighted by atomic mass is 9.50. The average Bonchev–Trinajstić information content (AvgIpc) is 2.25. The molecule has 0 radical (unpaired) electrons. The van der Waals surface area contributed by atoms with E-state index in [0.29, 0.717) is 17.1 Å². The fraction of sp³-hybridized carbons (Fsp3) is 0.800. The number of ketones is 1. The van der Waals surface area contributed by atoms with E-state index in [0.717, 1.165) is 32.1 Å². The zero-order chi connectivity index (χ0) is 12.0. The molecule has 0 aromatic rings. The van der Waals surface area contributed by atoms with Crippen LogP contribution in [0.1, 0.15) is 59.8 Å². The van der Waals surface area contributed by atoms with Gasteiger partial charge in [0.15, 0.2) is 0 Å². The minimum Gasteiger partial charge on any atom is -0.299 e. The fourth-order valence-corrected chi connectivity index (χ4v) is 3.88. The van der Waals surface area contributed by atoms with Gasteiger partial charge >= 0.3 is 0 Å². The molecule has 2 atom stereocenters. The third-order valence-electron chi connectivity index (χ3n) is 5.13. The normalized spacial score (nSPS) is 37.9. The van der Waals surface area contributed by atoms with Gasteiger partial charge in [-0.2, -0.15) is 0 Å². The van der Waals surface area contributed by atoms with Gasteiger partial charge in [-0.1, -0.05) is 32.4 Å². The van der Waals surface area contributed by atoms with Crippen LogP contribution in [0.3, 0.4) is 0 Å². The Labute approximate surface area is 99.3 Å². The van der Waals surface area contributed by atoms with E-state index in [-0.39, 0.29) is 5.41 Å². The molecule has 0 aromatic heterocycles. The molecule has 0 heterocycles. The number of hydrogen-bond acceptors (Lipinski definition) is 1. The van der Waals surface area contributed by atoms with Crippen molar-refractivity contribution in [3.05, 3.63) is 11.6 Å². The van der Waals surface area contributed by atoms with Gasteiger partial charge in [0.05, 0.1) is 0 Å². The van der Waals surface area contributed by atoms with Crippen molar-refractivity contribution < 1.29 is 4.79 Å². The Morgan fingerprint density at radius 2 is 2.12 bits per heavy atom. The lowest BCUT2D eigenvalue weighted by Crippen LogP contribution is -2.50. The summed E-state index contributed by atoms with van der Waals surface area (Å²) in [4.78, 5) is 12.3. The molecule has 16 heavy (non-hydrogen) atoms. The fourth-order valence-electron chi connectivity index (χ4n) is 3.88. The first-order chi connectivity index (χ1) is 7.42. The third kappa shape index (κ3) is 1.56. The molecule has 2 rings (SSSR count). The molecule has 1 heteroatoms. The molecule has 0 aliphatic heterocycles. The summed E-state index contributed by atoms with van der Waals surface area (Å²) in [5.41, 5.74) is 1.79. The van der Waals surface area contributed by atoms with E-state index < -0.39 is 0 Å². The van der Waals surface area contributed by atoms with E-state index in [1.165, 1.54) is 5.57 Å². The minimum atomic E-state index is -0.0265. The smallest absolute Gasteiger partial charge is 0.139 e. The number of hydrogen-bond donors (Lipinski definition) is 0. The van der Waals surface area contributed by atoms with E-state index in [9.17, 15) is 4.79 Å². The number of carbonyl (C=O) groups is 1. The predicted octanol–water partition coefficient (Wildman–Crippen LogP) is 4.13. The van der Waals surface area contributed by atoms with Crippen LogP contribution in [0.5, 0.6) is 0 Å². The summed E-state index contributed by atoms with van der Waals surface area (Å²) >= 11 is 0. The number of allylic oxidation sites excluding steroid dienone is 2. The topological polar surface area (TPSA) is 17.1 Å². The van der Waals surface area contributed by atoms with E-state index in [4.69, 9.17) is 0 Å². The van der Waals surface area contributed by atoms with Gasteiger partial charge in [-0.05, 0) is 43.9 Å². The highest BCUT2D eigenvalue weighted by Crippen LogP contribution is 2.57. The van der Waals surface area contributed by atoms with Crippen LogP contribution >= 0.6 is 0 Å². The summed E-state index contributed by atoms with van der Waals surface area (Å²) in [6, 6.07) is 0. The SMILES string of the molecule is CCC12CC=C(C)CC1C(C)(C)CCC2=O. The van der Waals surface area contributed by atoms with Crippen LogP contribution in [0.2, 0.25) is 0 Å². The van der Waals surface area contributed by atoms with Crippen LogP contribution in [0.25, 0.3) is 0 Å². The first-order valence-corrected chi connectivity index (χ1v) is 6.61. The van der Waals surface area contributed by atoms with Gasteiger partial charge in [-0.25, -0.2) is 0 Å². The van der Waals surface area contributed by atoms with Crippen molar-refractivity contribution in [2.24, 2.45) is 16.7 Å². The maximum atomic E-state index is 12.3. The number of fused-ring (bicyclic) bond motifs is 1. The maximum Gasteiger partial charge on any atom is 0.139 e. The Morgan fingerprint density at radius 3 is 2.75 bits per heavy atom. The minimum absolute atomic E-state index is 0.0265. The summed E-state index contributed by atoms with van der Waals surface area (Å²) in [6.45, 7) is 9.12. The lowest BCUT2D eigenvalue weighted by Gasteiger charge is -2.53. The summed E-state index contributed by atoms with van der Waals surface area (Å²) in [7, 11) is 0. The van der Waals surface area contributed by atoms with E-state index in [1.807, 2.05) is 0 Å². The first-order valence-electron chi connectivity index (χ1n) is 6.61. The first kappa shape index (κ1) is 11.9. The molecule has 0 spiro atoms. The standard InChI is InChI=1S/C15H24O/c1-5-15-9-6-11(2)10-12(15)14(3,4)8-7-13(15)16/h6,12H,5,7-10H2,1-4H3. The van der Waals surface area contributed by atoms with Crippen LogP contribution < -0.4 is 0 Å². The van der Waals surface area contributed by atoms with Crippen LogP contribution in [0, 0.1) is 16.7 Å². The Morgan fingerprint density at radius 1 is 1.44 bits per heavy atom. The predicted molar refractivity (Wildman–Crippen MR) is 67.2 cm³/mol. The van der Waals surface area contributed by atoms with Gasteiger partial charge in [0, 0.05) is 11.8 Å². The molecule has 2 unspecified atom stereocenters. The summed E-state index contributed by atoms with van der Waals surface area (Å²) < 4.78 is 0. The molecule has 1 saturated carbocycles. The second-order valence-corrected chi connectivity index (χ2v) is 6.43. The molecule has 2 aliphatic rings. The lowest BCUT2D eigenvalue weighted by molar-refractivity contribution is -0.143. The van der Waals surface area contributed by atoms with Crippen molar-refractivity contribution in [1.82, 2.24) is 0 Å². The van der Waals surface area contributed by atoms with E-state index in [1.54, 1.807) is 0 Å². The van der Waals surface area contributed by atoms with E-state index in [2.05, 4.69) is 33.8 Å². The Hall–Kier alpha value is -0.590. The zero-order valence-electron chi connectivity index (χ0n) is 11.1. The zero-order valence-corrected chi connectivity index (χ0v) is 11.1. The molecular formula is C15H24O. The van der Waals surface area contributed by atoms with Gasteiger partial charge in [0.25, 0.3) is 0 Å². The van der Waals surface area contributed by atoms with Crippen molar-refractivity contribution in [3.63, 3.8) is 0 Å². The largest absolute Gasteiger partial charge is 0.299 e. The highest BCUT2D eigenvalue weighted by Gasteiger charge is 2.53. The van der Waals surface area contributed by atoms with Crippen molar-refractivity contribution in [2.45, 2.75) is 59.8 Å². The molecule has 90 valence electrons. The summed E-state index contributed by atoms with van der Waals surface area (Å²) in [5.74, 6) is 1.10. The molecule has 2 aliphatic carbocycles. The van der Waals surface area contributed by atoms with Gasteiger partial charge in [0.2, 0.25) is 0 Å². The highest BCUT2D eigenvalue weighted by molar-refractivity contribution is 5.86. The molecular weight excluding hydrogens is 196 g/mol. The average molecular weight is 220 g/mol. The molecule has 0 aromatic carbocycles. The summed E-state index contributed by atoms with van der Waals surface area (Å²) in [5, 5.41) is 0. The van der Waals surface area contributed by atoms with Crippen molar-refractivity contribution >= 4 is 5.78 Å². The number of carbonyl (C=O) groups excluding carboxylic acids is 1. The van der Waals surface area contributed by atoms with Crippen molar-refractivity contribution in [2.75, 3.05) is 0 Å².